The summed E-state index contributed by atoms with van der Waals surface area (Å²) in [7, 11) is 0. The van der Waals surface area contributed by atoms with Gasteiger partial charge in [-0.2, -0.15) is 0 Å². The number of nitrogens with two attached hydrogens (primary N) is 2. The molecule has 0 fully saturated rings. The van der Waals surface area contributed by atoms with Gasteiger partial charge >= 0.3 is 5.97 Å². The fourth-order valence-electron chi connectivity index (χ4n) is 1.84. The molecule has 0 aromatic rings. The lowest BCUT2D eigenvalue weighted by atomic mass is 9.93. The second kappa shape index (κ2) is 10.4. The number of hydrogen-bond acceptors (Lipinski definition) is 7. The van der Waals surface area contributed by atoms with Gasteiger partial charge in [0, 0.05) is 19.3 Å². The van der Waals surface area contributed by atoms with Gasteiger partial charge in [0.25, 0.3) is 0 Å². The molecule has 136 valence electrons. The van der Waals surface area contributed by atoms with E-state index in [1.807, 2.05) is 0 Å². The highest BCUT2D eigenvalue weighted by Gasteiger charge is 2.26. The summed E-state index contributed by atoms with van der Waals surface area (Å²) in [5.41, 5.74) is 10.3. The van der Waals surface area contributed by atoms with Crippen LogP contribution >= 0.6 is 0 Å². The highest BCUT2D eigenvalue weighted by atomic mass is 16.4. The molecule has 0 aliphatic heterocycles. The van der Waals surface area contributed by atoms with E-state index in [0.29, 0.717) is 0 Å². The van der Waals surface area contributed by atoms with Crippen molar-refractivity contribution in [2.45, 2.75) is 32.2 Å². The molecule has 7 N–H and O–H groups in total. The molecule has 0 aliphatic rings. The van der Waals surface area contributed by atoms with Crippen LogP contribution in [0, 0.1) is 11.8 Å². The maximum atomic E-state index is 12.0. The second-order valence-corrected chi connectivity index (χ2v) is 5.53. The number of ketones is 2. The molecule has 0 radical (unpaired) electrons. The maximum absolute atomic E-state index is 12.0. The molecule has 0 rings (SSSR count). The first kappa shape index (κ1) is 21.7. The van der Waals surface area contributed by atoms with E-state index >= 15 is 0 Å². The SMILES string of the molecule is C[C@H](CC(=O)C[C@@H](CC(N)=O)C(=O)NCC(=O)[C@@H](N)CO)C(=O)O. The molecule has 0 aromatic carbocycles. The summed E-state index contributed by atoms with van der Waals surface area (Å²) in [4.78, 5) is 57.0. The van der Waals surface area contributed by atoms with Crippen LogP contribution in [0.3, 0.4) is 0 Å². The molecule has 0 aliphatic carbocycles. The number of primary amides is 1. The van der Waals surface area contributed by atoms with Crippen LogP contribution in [0.4, 0.5) is 0 Å². The van der Waals surface area contributed by atoms with Gasteiger partial charge < -0.3 is 27.0 Å². The number of aliphatic carboxylic acids is 1. The van der Waals surface area contributed by atoms with Gasteiger partial charge in [0.15, 0.2) is 5.78 Å². The first-order valence-electron chi connectivity index (χ1n) is 7.28. The van der Waals surface area contributed by atoms with E-state index in [1.54, 1.807) is 0 Å². The Morgan fingerprint density at radius 1 is 1.08 bits per heavy atom. The van der Waals surface area contributed by atoms with Crippen molar-refractivity contribution in [3.8, 4) is 0 Å². The van der Waals surface area contributed by atoms with Crippen LogP contribution < -0.4 is 16.8 Å². The molecule has 0 unspecified atom stereocenters. The van der Waals surface area contributed by atoms with E-state index in [2.05, 4.69) is 5.32 Å². The van der Waals surface area contributed by atoms with E-state index in [1.165, 1.54) is 6.92 Å². The molecule has 0 saturated heterocycles. The van der Waals surface area contributed by atoms with Crippen LogP contribution in [-0.2, 0) is 24.0 Å². The molecule has 10 nitrogen and oxygen atoms in total. The van der Waals surface area contributed by atoms with Gasteiger partial charge in [-0.25, -0.2) is 0 Å². The van der Waals surface area contributed by atoms with Gasteiger partial charge in [0.1, 0.15) is 5.78 Å². The fourth-order valence-corrected chi connectivity index (χ4v) is 1.84. The predicted octanol–water partition coefficient (Wildman–Crippen LogP) is -2.45. The van der Waals surface area contributed by atoms with E-state index in [0.717, 1.165) is 0 Å². The molecule has 0 bridgehead atoms. The summed E-state index contributed by atoms with van der Waals surface area (Å²) in [6, 6.07) is -1.14. The molecule has 3 atom stereocenters. The molecule has 0 heterocycles. The minimum absolute atomic E-state index is 0.286. The number of carboxylic acid groups (broad SMARTS) is 1. The molecule has 2 amide bonds. The minimum atomic E-state index is -1.15. The average molecular weight is 345 g/mol. The zero-order valence-electron chi connectivity index (χ0n) is 13.4. The summed E-state index contributed by atoms with van der Waals surface area (Å²) in [6.07, 6.45) is -1.07. The largest absolute Gasteiger partial charge is 0.481 e. The lowest BCUT2D eigenvalue weighted by molar-refractivity contribution is -0.143. The Hall–Kier alpha value is -2.33. The smallest absolute Gasteiger partial charge is 0.306 e. The zero-order valence-corrected chi connectivity index (χ0v) is 13.4. The van der Waals surface area contributed by atoms with Crippen LogP contribution in [0.5, 0.6) is 0 Å². The number of carbonyl (C=O) groups excluding carboxylic acids is 4. The van der Waals surface area contributed by atoms with Crippen LogP contribution in [0.15, 0.2) is 0 Å². The van der Waals surface area contributed by atoms with Crippen molar-refractivity contribution in [1.82, 2.24) is 5.32 Å². The number of aliphatic hydroxyl groups excluding tert-OH is 1. The summed E-state index contributed by atoms with van der Waals surface area (Å²) in [5.74, 6) is -5.86. The number of hydrogen-bond donors (Lipinski definition) is 5. The van der Waals surface area contributed by atoms with Crippen LogP contribution in [-0.4, -0.2) is 58.8 Å². The number of aliphatic hydroxyl groups is 1. The van der Waals surface area contributed by atoms with Crippen molar-refractivity contribution < 1.29 is 34.2 Å². The number of carboxylic acids is 1. The summed E-state index contributed by atoms with van der Waals surface area (Å²) in [5, 5.41) is 19.7. The van der Waals surface area contributed by atoms with Crippen molar-refractivity contribution >= 4 is 29.4 Å². The Bertz CT molecular complexity index is 507. The molecular weight excluding hydrogens is 322 g/mol. The van der Waals surface area contributed by atoms with Crippen molar-refractivity contribution in [3.63, 3.8) is 0 Å². The molecule has 24 heavy (non-hydrogen) atoms. The lowest BCUT2D eigenvalue weighted by Crippen LogP contribution is -2.44. The van der Waals surface area contributed by atoms with Gasteiger partial charge in [-0.1, -0.05) is 6.92 Å². The maximum Gasteiger partial charge on any atom is 0.306 e. The van der Waals surface area contributed by atoms with Crippen molar-refractivity contribution in [2.24, 2.45) is 23.3 Å². The number of rotatable bonds is 12. The third-order valence-electron chi connectivity index (χ3n) is 3.29. The van der Waals surface area contributed by atoms with Gasteiger partial charge in [-0.15, -0.1) is 0 Å². The Balaban J connectivity index is 4.72. The third kappa shape index (κ3) is 8.34. The quantitative estimate of drug-likeness (QED) is 0.257. The summed E-state index contributed by atoms with van der Waals surface area (Å²) >= 11 is 0. The Morgan fingerprint density at radius 2 is 1.67 bits per heavy atom. The van der Waals surface area contributed by atoms with Crippen molar-refractivity contribution in [2.75, 3.05) is 13.2 Å². The number of Topliss-reactive ketones (excluding diaryl/α,β-unsaturated/α-hetero) is 2. The number of nitrogens with one attached hydrogen (secondary N) is 1. The lowest BCUT2D eigenvalue weighted by Gasteiger charge is -2.16. The standard InChI is InChI=1S/C14H23N3O7/c1-7(14(23)24)2-9(19)3-8(4-12(16)21)13(22)17-5-11(20)10(15)6-18/h7-8,10,18H,2-6,15H2,1H3,(H2,16,21)(H,17,22)(H,23,24)/t7-,8+,10+/m1/s1. The number of amides is 2. The predicted molar refractivity (Wildman–Crippen MR) is 81.4 cm³/mol. The van der Waals surface area contributed by atoms with Crippen LogP contribution in [0.1, 0.15) is 26.2 Å². The Kier molecular flexibility index (Phi) is 9.43. The van der Waals surface area contributed by atoms with E-state index in [9.17, 15) is 24.0 Å². The molecular formula is C14H23N3O7. The average Bonchev–Trinajstić information content (AvgIpc) is 2.49. The molecule has 0 saturated carbocycles. The molecule has 0 aromatic heterocycles. The van der Waals surface area contributed by atoms with Gasteiger partial charge in [0.05, 0.1) is 31.0 Å². The van der Waals surface area contributed by atoms with Gasteiger partial charge in [-0.3, -0.25) is 24.0 Å². The monoisotopic (exact) mass is 345 g/mol. The first-order valence-corrected chi connectivity index (χ1v) is 7.28. The fraction of sp³-hybridized carbons (Fsp3) is 0.643. The van der Waals surface area contributed by atoms with Gasteiger partial charge in [0.2, 0.25) is 11.8 Å². The zero-order chi connectivity index (χ0) is 18.9. The van der Waals surface area contributed by atoms with Crippen molar-refractivity contribution in [3.05, 3.63) is 0 Å². The third-order valence-corrected chi connectivity index (χ3v) is 3.29. The number of carbonyl (C=O) groups is 5. The van der Waals surface area contributed by atoms with Crippen LogP contribution in [0.2, 0.25) is 0 Å². The first-order chi connectivity index (χ1) is 11.1. The Labute approximate surface area is 138 Å². The summed E-state index contributed by atoms with van der Waals surface area (Å²) < 4.78 is 0. The van der Waals surface area contributed by atoms with Crippen molar-refractivity contribution in [1.29, 1.82) is 0 Å². The summed E-state index contributed by atoms with van der Waals surface area (Å²) in [6.45, 7) is 0.304. The Morgan fingerprint density at radius 3 is 2.12 bits per heavy atom. The normalized spacial score (nSPS) is 14.3. The molecule has 0 spiro atoms. The minimum Gasteiger partial charge on any atom is -0.481 e. The van der Waals surface area contributed by atoms with E-state index < -0.39 is 66.8 Å². The van der Waals surface area contributed by atoms with Gasteiger partial charge in [-0.05, 0) is 0 Å². The highest BCUT2D eigenvalue weighted by molar-refractivity contribution is 5.94. The van der Waals surface area contributed by atoms with E-state index in [-0.39, 0.29) is 12.8 Å². The highest BCUT2D eigenvalue weighted by Crippen LogP contribution is 2.14. The van der Waals surface area contributed by atoms with E-state index in [4.69, 9.17) is 21.7 Å². The second-order valence-electron chi connectivity index (χ2n) is 5.53. The molecule has 10 heteroatoms. The topological polar surface area (TPSA) is 190 Å². The van der Waals surface area contributed by atoms with Crippen LogP contribution in [0.25, 0.3) is 0 Å².